The largest absolute Gasteiger partial charge is 0.345 e. The van der Waals surface area contributed by atoms with Crippen LogP contribution in [0.1, 0.15) is 64.2 Å². The molecule has 4 heteroatoms. The van der Waals surface area contributed by atoms with Gasteiger partial charge in [-0.2, -0.15) is 0 Å². The van der Waals surface area contributed by atoms with Gasteiger partial charge in [0.25, 0.3) is 0 Å². The molecule has 20 heavy (non-hydrogen) atoms. The van der Waals surface area contributed by atoms with Crippen LogP contribution in [0.2, 0.25) is 0 Å². The average Bonchev–Trinajstić information content (AvgIpc) is 2.42. The van der Waals surface area contributed by atoms with Crippen molar-refractivity contribution in [1.29, 1.82) is 0 Å². The minimum absolute atomic E-state index is 0. The van der Waals surface area contributed by atoms with Gasteiger partial charge in [0.05, 0.1) is 0 Å². The molecule has 2 fully saturated rings. The van der Waals surface area contributed by atoms with Crippen LogP contribution in [0.4, 0.5) is 0 Å². The molecule has 0 heterocycles. The van der Waals surface area contributed by atoms with Crippen LogP contribution in [0.25, 0.3) is 0 Å². The first-order valence-electron chi connectivity index (χ1n) is 8.16. The smallest absolute Gasteiger partial charge is 0.222 e. The Morgan fingerprint density at radius 3 is 2.30 bits per heavy atom. The van der Waals surface area contributed by atoms with Gasteiger partial charge < -0.3 is 10.6 Å². The normalized spacial score (nSPS) is 27.7. The minimum atomic E-state index is 0. The van der Waals surface area contributed by atoms with Gasteiger partial charge in [0.1, 0.15) is 0 Å². The lowest BCUT2D eigenvalue weighted by molar-refractivity contribution is -0.132. The van der Waals surface area contributed by atoms with E-state index in [1.807, 2.05) is 11.9 Å². The zero-order chi connectivity index (χ0) is 13.7. The van der Waals surface area contributed by atoms with Crippen molar-refractivity contribution in [3.05, 3.63) is 0 Å². The highest BCUT2D eigenvalue weighted by Gasteiger charge is 2.26. The van der Waals surface area contributed by atoms with Gasteiger partial charge in [-0.25, -0.2) is 0 Å². The number of hydrogen-bond donors (Lipinski definition) is 1. The van der Waals surface area contributed by atoms with E-state index >= 15 is 0 Å². The summed E-state index contributed by atoms with van der Waals surface area (Å²) in [6.07, 6.45) is 12.1. The predicted octanol–water partition coefficient (Wildman–Crippen LogP) is 3.35. The van der Waals surface area contributed by atoms with E-state index in [0.29, 0.717) is 18.2 Å². The molecule has 0 saturated heterocycles. The standard InChI is InChI=1S/C16H30N2O.ClH/c1-18(12-13-7-3-2-4-8-13)16(19)11-14-9-5-6-10-15(14)17;/h13-15H,2-12,17H2,1H3;1H. The van der Waals surface area contributed by atoms with Crippen molar-refractivity contribution in [3.8, 4) is 0 Å². The molecular formula is C16H31ClN2O. The highest BCUT2D eigenvalue weighted by atomic mass is 35.5. The Kier molecular flexibility index (Phi) is 7.90. The number of amides is 1. The van der Waals surface area contributed by atoms with E-state index in [1.165, 1.54) is 44.9 Å². The van der Waals surface area contributed by atoms with E-state index in [0.717, 1.165) is 25.3 Å². The number of nitrogens with zero attached hydrogens (tertiary/aromatic N) is 1. The highest BCUT2D eigenvalue weighted by molar-refractivity contribution is 5.85. The molecule has 0 spiro atoms. The average molecular weight is 303 g/mol. The van der Waals surface area contributed by atoms with Crippen LogP contribution in [0.3, 0.4) is 0 Å². The van der Waals surface area contributed by atoms with Crippen LogP contribution in [0.5, 0.6) is 0 Å². The van der Waals surface area contributed by atoms with Crippen LogP contribution in [0, 0.1) is 11.8 Å². The molecule has 3 nitrogen and oxygen atoms in total. The molecule has 0 aliphatic heterocycles. The summed E-state index contributed by atoms with van der Waals surface area (Å²) in [5.41, 5.74) is 6.14. The van der Waals surface area contributed by atoms with Gasteiger partial charge >= 0.3 is 0 Å². The molecule has 0 radical (unpaired) electrons. The lowest BCUT2D eigenvalue weighted by Gasteiger charge is -2.31. The van der Waals surface area contributed by atoms with Crippen LogP contribution < -0.4 is 5.73 Å². The van der Waals surface area contributed by atoms with Crippen molar-refractivity contribution in [2.45, 2.75) is 70.3 Å². The van der Waals surface area contributed by atoms with Crippen LogP contribution in [0.15, 0.2) is 0 Å². The third-order valence-electron chi connectivity index (χ3n) is 5.09. The number of rotatable bonds is 4. The molecule has 2 aliphatic rings. The van der Waals surface area contributed by atoms with Crippen molar-refractivity contribution in [1.82, 2.24) is 4.90 Å². The molecule has 2 aliphatic carbocycles. The molecule has 118 valence electrons. The molecule has 2 atom stereocenters. The van der Waals surface area contributed by atoms with Crippen LogP contribution in [-0.2, 0) is 4.79 Å². The second kappa shape index (κ2) is 8.89. The van der Waals surface area contributed by atoms with E-state index < -0.39 is 0 Å². The van der Waals surface area contributed by atoms with Gasteiger partial charge in [0.15, 0.2) is 0 Å². The quantitative estimate of drug-likeness (QED) is 0.865. The summed E-state index contributed by atoms with van der Waals surface area (Å²) in [6.45, 7) is 0.959. The first-order valence-corrected chi connectivity index (χ1v) is 8.16. The second-order valence-electron chi connectivity index (χ2n) is 6.69. The maximum atomic E-state index is 12.3. The fourth-order valence-electron chi connectivity index (χ4n) is 3.73. The SMILES string of the molecule is CN(CC1CCCCC1)C(=O)CC1CCCCC1N.Cl. The third kappa shape index (κ3) is 5.25. The van der Waals surface area contributed by atoms with E-state index in [4.69, 9.17) is 5.73 Å². The minimum Gasteiger partial charge on any atom is -0.345 e. The fourth-order valence-corrected chi connectivity index (χ4v) is 3.73. The van der Waals surface area contributed by atoms with Crippen LogP contribution in [-0.4, -0.2) is 30.4 Å². The summed E-state index contributed by atoms with van der Waals surface area (Å²) in [4.78, 5) is 14.3. The molecule has 0 aromatic carbocycles. The van der Waals surface area contributed by atoms with Gasteiger partial charge in [0, 0.05) is 26.1 Å². The van der Waals surface area contributed by atoms with Crippen molar-refractivity contribution < 1.29 is 4.79 Å². The zero-order valence-electron chi connectivity index (χ0n) is 12.9. The molecule has 1 amide bonds. The number of carbonyl (C=O) groups is 1. The monoisotopic (exact) mass is 302 g/mol. The van der Waals surface area contributed by atoms with Crippen molar-refractivity contribution in [3.63, 3.8) is 0 Å². The lowest BCUT2D eigenvalue weighted by Crippen LogP contribution is -2.39. The molecular weight excluding hydrogens is 272 g/mol. The Morgan fingerprint density at radius 2 is 1.65 bits per heavy atom. The summed E-state index contributed by atoms with van der Waals surface area (Å²) in [5.74, 6) is 1.48. The zero-order valence-corrected chi connectivity index (χ0v) is 13.7. The van der Waals surface area contributed by atoms with E-state index in [-0.39, 0.29) is 18.4 Å². The summed E-state index contributed by atoms with van der Waals surface area (Å²) < 4.78 is 0. The maximum absolute atomic E-state index is 12.3. The highest BCUT2D eigenvalue weighted by Crippen LogP contribution is 2.27. The number of carbonyl (C=O) groups excluding carboxylic acids is 1. The maximum Gasteiger partial charge on any atom is 0.222 e. The Hall–Kier alpha value is -0.280. The Bertz CT molecular complexity index is 292. The van der Waals surface area contributed by atoms with Gasteiger partial charge in [-0.1, -0.05) is 32.1 Å². The summed E-state index contributed by atoms with van der Waals surface area (Å²) >= 11 is 0. The fraction of sp³-hybridized carbons (Fsp3) is 0.938. The van der Waals surface area contributed by atoms with E-state index in [2.05, 4.69) is 0 Å². The summed E-state index contributed by atoms with van der Waals surface area (Å²) in [5, 5.41) is 0. The molecule has 2 N–H and O–H groups in total. The Balaban J connectivity index is 0.00000200. The second-order valence-corrected chi connectivity index (χ2v) is 6.69. The molecule has 2 unspecified atom stereocenters. The predicted molar refractivity (Wildman–Crippen MR) is 86.0 cm³/mol. The van der Waals surface area contributed by atoms with E-state index in [1.54, 1.807) is 0 Å². The summed E-state index contributed by atoms with van der Waals surface area (Å²) in [7, 11) is 1.98. The molecule has 2 saturated carbocycles. The van der Waals surface area contributed by atoms with Gasteiger partial charge in [0.2, 0.25) is 5.91 Å². The topological polar surface area (TPSA) is 46.3 Å². The van der Waals surface area contributed by atoms with Crippen molar-refractivity contribution >= 4 is 18.3 Å². The molecule has 0 aromatic heterocycles. The molecule has 0 aromatic rings. The number of hydrogen-bond acceptors (Lipinski definition) is 2. The van der Waals surface area contributed by atoms with Crippen molar-refractivity contribution in [2.75, 3.05) is 13.6 Å². The number of nitrogens with two attached hydrogens (primary N) is 1. The first kappa shape index (κ1) is 17.8. The lowest BCUT2D eigenvalue weighted by atomic mass is 9.82. The first-order chi connectivity index (χ1) is 9.16. The van der Waals surface area contributed by atoms with Crippen molar-refractivity contribution in [2.24, 2.45) is 17.6 Å². The molecule has 2 rings (SSSR count). The summed E-state index contributed by atoms with van der Waals surface area (Å²) in [6, 6.07) is 0.251. The van der Waals surface area contributed by atoms with Gasteiger partial charge in [-0.05, 0) is 37.5 Å². The van der Waals surface area contributed by atoms with E-state index in [9.17, 15) is 4.79 Å². The number of halogens is 1. The Morgan fingerprint density at radius 1 is 1.05 bits per heavy atom. The third-order valence-corrected chi connectivity index (χ3v) is 5.09. The molecule has 0 bridgehead atoms. The van der Waals surface area contributed by atoms with Crippen LogP contribution >= 0.6 is 12.4 Å². The Labute approximate surface area is 130 Å². The van der Waals surface area contributed by atoms with Gasteiger partial charge in [-0.3, -0.25) is 4.79 Å². The van der Waals surface area contributed by atoms with Gasteiger partial charge in [-0.15, -0.1) is 12.4 Å².